The number of rotatable bonds is 5. The van der Waals surface area contributed by atoms with Crippen molar-refractivity contribution in [3.05, 3.63) is 71.9 Å². The molecule has 0 saturated heterocycles. The average Bonchev–Trinajstić information content (AvgIpc) is 2.54. The fraction of sp³-hybridized carbons (Fsp3) is 0.111. The lowest BCUT2D eigenvalue weighted by atomic mass is 10.2. The minimum absolute atomic E-state index is 0.331. The second kappa shape index (κ2) is 7.15. The molecular weight excluding hydrogens is 306 g/mol. The van der Waals surface area contributed by atoms with E-state index in [4.69, 9.17) is 4.74 Å². The van der Waals surface area contributed by atoms with Gasteiger partial charge in [0.2, 0.25) is 0 Å². The highest BCUT2D eigenvalue weighted by Crippen LogP contribution is 2.20. The number of hydrogen-bond donors (Lipinski definition) is 2. The summed E-state index contributed by atoms with van der Waals surface area (Å²) in [4.78, 5) is 9.67. The van der Waals surface area contributed by atoms with Crippen molar-refractivity contribution < 1.29 is 4.74 Å². The third-order valence-electron chi connectivity index (χ3n) is 3.24. The first-order valence-corrected chi connectivity index (χ1v) is 7.75. The van der Waals surface area contributed by atoms with Crippen molar-refractivity contribution in [1.82, 2.24) is 9.97 Å². The third-order valence-corrected chi connectivity index (χ3v) is 3.67. The number of ether oxygens (including phenoxy) is 1. The number of nitrogens with zero attached hydrogens (tertiary/aromatic N) is 2. The fourth-order valence-corrected chi connectivity index (χ4v) is 2.36. The van der Waals surface area contributed by atoms with Gasteiger partial charge in [-0.15, -0.1) is 12.6 Å². The van der Waals surface area contributed by atoms with E-state index in [1.807, 2.05) is 67.6 Å². The van der Waals surface area contributed by atoms with E-state index in [1.54, 1.807) is 0 Å². The monoisotopic (exact) mass is 323 g/mol. The maximum Gasteiger partial charge on any atom is 0.324 e. The molecule has 0 bridgehead atoms. The predicted octanol–water partition coefficient (Wildman–Crippen LogP) is 4.48. The normalized spacial score (nSPS) is 10.3. The van der Waals surface area contributed by atoms with Crippen LogP contribution < -0.4 is 10.1 Å². The van der Waals surface area contributed by atoms with Gasteiger partial charge in [-0.3, -0.25) is 0 Å². The largest absolute Gasteiger partial charge is 0.424 e. The predicted molar refractivity (Wildman–Crippen MR) is 94.3 cm³/mol. The maximum atomic E-state index is 5.70. The summed E-state index contributed by atoms with van der Waals surface area (Å²) in [5.74, 6) is 1.43. The number of para-hydroxylation sites is 1. The van der Waals surface area contributed by atoms with Gasteiger partial charge in [0.1, 0.15) is 11.6 Å². The van der Waals surface area contributed by atoms with Crippen molar-refractivity contribution in [3.8, 4) is 11.8 Å². The summed E-state index contributed by atoms with van der Waals surface area (Å²) < 4.78 is 5.70. The first-order chi connectivity index (χ1) is 11.2. The summed E-state index contributed by atoms with van der Waals surface area (Å²) in [6.07, 6.45) is 0. The van der Waals surface area contributed by atoms with E-state index in [9.17, 15) is 0 Å². The fourth-order valence-electron chi connectivity index (χ4n) is 2.12. The smallest absolute Gasteiger partial charge is 0.324 e. The van der Waals surface area contributed by atoms with E-state index < -0.39 is 0 Å². The molecule has 0 saturated carbocycles. The lowest BCUT2D eigenvalue weighted by Gasteiger charge is -2.10. The lowest BCUT2D eigenvalue weighted by Crippen LogP contribution is -2.04. The Kier molecular flexibility index (Phi) is 4.78. The third kappa shape index (κ3) is 4.23. The van der Waals surface area contributed by atoms with Crippen molar-refractivity contribution in [1.29, 1.82) is 0 Å². The van der Waals surface area contributed by atoms with Crippen molar-refractivity contribution in [2.45, 2.75) is 18.4 Å². The zero-order valence-electron chi connectivity index (χ0n) is 12.7. The first kappa shape index (κ1) is 15.4. The highest BCUT2D eigenvalue weighted by molar-refractivity contribution is 7.80. The Morgan fingerprint density at radius 3 is 2.52 bits per heavy atom. The molecule has 2 aromatic carbocycles. The van der Waals surface area contributed by atoms with Crippen LogP contribution in [-0.4, -0.2) is 9.97 Å². The van der Waals surface area contributed by atoms with Gasteiger partial charge < -0.3 is 10.1 Å². The molecule has 116 valence electrons. The molecule has 0 fully saturated rings. The van der Waals surface area contributed by atoms with Crippen LogP contribution in [0.2, 0.25) is 0 Å². The van der Waals surface area contributed by atoms with Gasteiger partial charge in [-0.2, -0.15) is 4.98 Å². The van der Waals surface area contributed by atoms with Crippen LogP contribution in [0.4, 0.5) is 5.82 Å². The van der Waals surface area contributed by atoms with Crippen LogP contribution >= 0.6 is 12.6 Å². The van der Waals surface area contributed by atoms with Gasteiger partial charge in [0.25, 0.3) is 0 Å². The summed E-state index contributed by atoms with van der Waals surface area (Å²) in [6, 6.07) is 19.7. The number of nitrogens with one attached hydrogen (secondary N) is 1. The van der Waals surface area contributed by atoms with Gasteiger partial charge in [0.05, 0.1) is 0 Å². The van der Waals surface area contributed by atoms with Crippen LogP contribution in [0.5, 0.6) is 11.8 Å². The van der Waals surface area contributed by atoms with Gasteiger partial charge in [-0.05, 0) is 30.7 Å². The lowest BCUT2D eigenvalue weighted by molar-refractivity contribution is 0.441. The molecular formula is C18H17N3OS. The molecule has 1 heterocycles. The van der Waals surface area contributed by atoms with Gasteiger partial charge in [0.15, 0.2) is 0 Å². The SMILES string of the molecule is Cc1cc(NCc2ccccc2S)nc(Oc2ccccc2)n1. The zero-order valence-corrected chi connectivity index (χ0v) is 13.6. The number of anilines is 1. The highest BCUT2D eigenvalue weighted by atomic mass is 32.1. The minimum Gasteiger partial charge on any atom is -0.424 e. The topological polar surface area (TPSA) is 47.0 Å². The summed E-state index contributed by atoms with van der Waals surface area (Å²) in [5.41, 5.74) is 1.95. The quantitative estimate of drug-likeness (QED) is 0.680. The molecule has 5 heteroatoms. The van der Waals surface area contributed by atoms with E-state index in [2.05, 4.69) is 27.9 Å². The van der Waals surface area contributed by atoms with Crippen LogP contribution in [0.1, 0.15) is 11.3 Å². The molecule has 0 radical (unpaired) electrons. The summed E-state index contributed by atoms with van der Waals surface area (Å²) >= 11 is 4.45. The molecule has 1 aromatic heterocycles. The first-order valence-electron chi connectivity index (χ1n) is 7.30. The molecule has 3 rings (SSSR count). The van der Waals surface area contributed by atoms with Gasteiger partial charge in [-0.25, -0.2) is 4.98 Å². The molecule has 0 amide bonds. The molecule has 23 heavy (non-hydrogen) atoms. The Morgan fingerprint density at radius 2 is 1.74 bits per heavy atom. The van der Waals surface area contributed by atoms with Gasteiger partial charge in [-0.1, -0.05) is 36.4 Å². The van der Waals surface area contributed by atoms with Crippen LogP contribution in [-0.2, 0) is 6.54 Å². The Hall–Kier alpha value is -2.53. The van der Waals surface area contributed by atoms with E-state index in [1.165, 1.54) is 0 Å². The molecule has 0 spiro atoms. The number of hydrogen-bond acceptors (Lipinski definition) is 5. The van der Waals surface area contributed by atoms with Crippen molar-refractivity contribution in [2.75, 3.05) is 5.32 Å². The Balaban J connectivity index is 1.74. The van der Waals surface area contributed by atoms with E-state index in [0.29, 0.717) is 18.3 Å². The maximum absolute atomic E-state index is 5.70. The van der Waals surface area contributed by atoms with Crippen molar-refractivity contribution in [3.63, 3.8) is 0 Å². The molecule has 3 aromatic rings. The van der Waals surface area contributed by atoms with Crippen LogP contribution in [0.3, 0.4) is 0 Å². The van der Waals surface area contributed by atoms with Crippen molar-refractivity contribution in [2.24, 2.45) is 0 Å². The summed E-state index contributed by atoms with van der Waals surface area (Å²) in [5, 5.41) is 3.29. The second-order valence-corrected chi connectivity index (χ2v) is 5.56. The molecule has 0 atom stereocenters. The summed E-state index contributed by atoms with van der Waals surface area (Å²) in [6.45, 7) is 2.55. The Morgan fingerprint density at radius 1 is 1.00 bits per heavy atom. The standard InChI is InChI=1S/C18H17N3OS/c1-13-11-17(19-12-14-7-5-6-10-16(14)23)21-18(20-13)22-15-8-3-2-4-9-15/h2-11,23H,12H2,1H3,(H,19,20,21). The molecule has 0 unspecified atom stereocenters. The molecule has 4 nitrogen and oxygen atoms in total. The molecule has 0 aliphatic heterocycles. The second-order valence-electron chi connectivity index (χ2n) is 5.07. The summed E-state index contributed by atoms with van der Waals surface area (Å²) in [7, 11) is 0. The molecule has 0 aliphatic carbocycles. The number of aromatic nitrogens is 2. The number of benzene rings is 2. The Labute approximate surface area is 141 Å². The van der Waals surface area contributed by atoms with Crippen LogP contribution in [0.15, 0.2) is 65.6 Å². The van der Waals surface area contributed by atoms with E-state index >= 15 is 0 Å². The minimum atomic E-state index is 0.331. The van der Waals surface area contributed by atoms with Gasteiger partial charge >= 0.3 is 6.01 Å². The average molecular weight is 323 g/mol. The van der Waals surface area contributed by atoms with E-state index in [-0.39, 0.29) is 0 Å². The van der Waals surface area contributed by atoms with E-state index in [0.717, 1.165) is 22.0 Å². The van der Waals surface area contributed by atoms with Crippen LogP contribution in [0, 0.1) is 6.92 Å². The number of thiol groups is 1. The van der Waals surface area contributed by atoms with Crippen LogP contribution in [0.25, 0.3) is 0 Å². The van der Waals surface area contributed by atoms with Crippen molar-refractivity contribution >= 4 is 18.4 Å². The molecule has 0 aliphatic rings. The Bertz CT molecular complexity index is 793. The van der Waals surface area contributed by atoms with Gasteiger partial charge in [0, 0.05) is 23.2 Å². The number of aryl methyl sites for hydroxylation is 1. The highest BCUT2D eigenvalue weighted by Gasteiger charge is 2.05. The molecule has 1 N–H and O–H groups in total. The zero-order chi connectivity index (χ0) is 16.1.